The topological polar surface area (TPSA) is 116 Å². The third-order valence-corrected chi connectivity index (χ3v) is 9.87. The van der Waals surface area contributed by atoms with Crippen LogP contribution in [-0.2, 0) is 6.18 Å². The van der Waals surface area contributed by atoms with E-state index < -0.39 is 52.1 Å². The van der Waals surface area contributed by atoms with Crippen molar-refractivity contribution in [2.75, 3.05) is 50.0 Å². The second-order valence-corrected chi connectivity index (χ2v) is 13.1. The van der Waals surface area contributed by atoms with Crippen molar-refractivity contribution in [3.63, 3.8) is 0 Å². The molecule has 5 heterocycles. The summed E-state index contributed by atoms with van der Waals surface area (Å²) in [5, 5.41) is 13.5. The molecule has 2 bridgehead atoms. The Kier molecular flexibility index (Phi) is 8.63. The molecule has 1 aromatic carbocycles. The molecule has 3 aromatic rings. The van der Waals surface area contributed by atoms with Crippen molar-refractivity contribution in [1.29, 1.82) is 5.26 Å². The van der Waals surface area contributed by atoms with Crippen LogP contribution < -0.4 is 20.7 Å². The van der Waals surface area contributed by atoms with Crippen LogP contribution >= 0.6 is 0 Å². The number of likely N-dealkylation sites (tertiary alicyclic amines) is 1. The average Bonchev–Trinajstić information content (AvgIpc) is 3.35. The molecule has 3 aliphatic rings. The number of rotatable bonds is 7. The molecule has 47 heavy (non-hydrogen) atoms. The summed E-state index contributed by atoms with van der Waals surface area (Å²) in [7, 11) is 0. The number of hydrogen-bond donors (Lipinski definition) is 2. The van der Waals surface area contributed by atoms with E-state index in [1.807, 2.05) is 11.8 Å². The fourth-order valence-corrected chi connectivity index (χ4v) is 7.50. The Hall–Kier alpha value is -3.90. The summed E-state index contributed by atoms with van der Waals surface area (Å²) in [5.74, 6) is -1.90. The van der Waals surface area contributed by atoms with Crippen LogP contribution in [0.4, 0.5) is 37.8 Å². The first-order chi connectivity index (χ1) is 22.2. The van der Waals surface area contributed by atoms with Crippen molar-refractivity contribution in [1.82, 2.24) is 25.2 Å². The summed E-state index contributed by atoms with van der Waals surface area (Å²) in [6.45, 7) is 7.22. The molecule has 3 N–H and O–H groups in total. The quantitative estimate of drug-likeness (QED) is 0.248. The van der Waals surface area contributed by atoms with Crippen LogP contribution in [0.15, 0.2) is 12.3 Å². The van der Waals surface area contributed by atoms with E-state index >= 15 is 4.39 Å². The lowest BCUT2D eigenvalue weighted by molar-refractivity contribution is -0.137. The molecular weight excluding hydrogens is 626 g/mol. The lowest BCUT2D eigenvalue weighted by Gasteiger charge is -2.45. The van der Waals surface area contributed by atoms with Gasteiger partial charge in [-0.05, 0) is 50.9 Å². The number of ether oxygens (including phenoxy) is 1. The largest absolute Gasteiger partial charge is 0.463 e. The number of aromatic nitrogens is 3. The standard InChI is InChI=1S/C32H36F6N8O/c1-4-45-8-7-21(28(34)35)31(3,14-45)15-47-30-43-26-20(29(44-30)46-12-17-5-6-18(13-46)42-17)11-41-27(25(26)33)23-19(10-39)22(40)9-16(2)24(23)32(36,37)38/h9,11,17-18,21,28,42H,4-8,12-15,40H2,1-3H3/t17-,18+,21-,31+/m1/s1. The highest BCUT2D eigenvalue weighted by Gasteiger charge is 2.45. The van der Waals surface area contributed by atoms with Crippen LogP contribution in [0.5, 0.6) is 6.01 Å². The average molecular weight is 663 g/mol. The van der Waals surface area contributed by atoms with Gasteiger partial charge in [0.05, 0.1) is 28.8 Å². The number of benzene rings is 1. The van der Waals surface area contributed by atoms with Crippen molar-refractivity contribution >= 4 is 22.4 Å². The summed E-state index contributed by atoms with van der Waals surface area (Å²) < 4.78 is 94.2. The van der Waals surface area contributed by atoms with Gasteiger partial charge in [0, 0.05) is 54.8 Å². The van der Waals surface area contributed by atoms with Crippen LogP contribution in [0.3, 0.4) is 0 Å². The summed E-state index contributed by atoms with van der Waals surface area (Å²) >= 11 is 0. The van der Waals surface area contributed by atoms with E-state index in [1.54, 1.807) is 13.0 Å². The number of piperidine rings is 1. The number of piperazine rings is 1. The van der Waals surface area contributed by atoms with Gasteiger partial charge in [-0.25, -0.2) is 13.2 Å². The highest BCUT2D eigenvalue weighted by atomic mass is 19.4. The molecule has 0 radical (unpaired) electrons. The Morgan fingerprint density at radius 2 is 1.89 bits per heavy atom. The molecule has 0 saturated carbocycles. The molecule has 15 heteroatoms. The van der Waals surface area contributed by atoms with E-state index in [0.29, 0.717) is 32.7 Å². The number of aryl methyl sites for hydroxylation is 1. The third-order valence-electron chi connectivity index (χ3n) is 9.87. The molecule has 6 rings (SSSR count). The van der Waals surface area contributed by atoms with Crippen molar-refractivity contribution in [3.05, 3.63) is 34.8 Å². The molecule has 4 atom stereocenters. The lowest BCUT2D eigenvalue weighted by atomic mass is 9.73. The Morgan fingerprint density at radius 1 is 1.19 bits per heavy atom. The molecule has 0 unspecified atom stereocenters. The van der Waals surface area contributed by atoms with Crippen LogP contribution in [0, 0.1) is 35.4 Å². The van der Waals surface area contributed by atoms with Crippen LogP contribution in [0.25, 0.3) is 22.2 Å². The summed E-state index contributed by atoms with van der Waals surface area (Å²) in [5.41, 5.74) is 0.698. The van der Waals surface area contributed by atoms with E-state index in [4.69, 9.17) is 10.5 Å². The molecule has 2 aromatic heterocycles. The van der Waals surface area contributed by atoms with Gasteiger partial charge in [0.2, 0.25) is 6.43 Å². The number of nitrogen functional groups attached to an aromatic ring is 1. The summed E-state index contributed by atoms with van der Waals surface area (Å²) in [6.07, 6.45) is -4.22. The minimum Gasteiger partial charge on any atom is -0.463 e. The lowest BCUT2D eigenvalue weighted by Crippen LogP contribution is -2.52. The van der Waals surface area contributed by atoms with E-state index in [2.05, 4.69) is 25.2 Å². The summed E-state index contributed by atoms with van der Waals surface area (Å²) in [4.78, 5) is 17.0. The van der Waals surface area contributed by atoms with Crippen molar-refractivity contribution in [2.24, 2.45) is 11.3 Å². The molecule has 0 aliphatic carbocycles. The zero-order valence-corrected chi connectivity index (χ0v) is 26.3. The predicted octanol–water partition coefficient (Wildman–Crippen LogP) is 5.54. The van der Waals surface area contributed by atoms with E-state index in [-0.39, 0.29) is 59.1 Å². The number of nitriles is 1. The van der Waals surface area contributed by atoms with Gasteiger partial charge in [-0.3, -0.25) is 4.98 Å². The van der Waals surface area contributed by atoms with Gasteiger partial charge < -0.3 is 25.6 Å². The van der Waals surface area contributed by atoms with Gasteiger partial charge in [-0.15, -0.1) is 0 Å². The minimum atomic E-state index is -4.96. The Morgan fingerprint density at radius 3 is 2.51 bits per heavy atom. The smallest absolute Gasteiger partial charge is 0.417 e. The molecule has 3 fully saturated rings. The highest BCUT2D eigenvalue weighted by Crippen LogP contribution is 2.45. The molecular formula is C32H36F6N8O. The zero-order valence-electron chi connectivity index (χ0n) is 26.3. The van der Waals surface area contributed by atoms with Gasteiger partial charge in [-0.1, -0.05) is 13.8 Å². The minimum absolute atomic E-state index is 0.138. The Bertz CT molecular complexity index is 1720. The van der Waals surface area contributed by atoms with E-state index in [9.17, 15) is 27.2 Å². The molecule has 3 saturated heterocycles. The number of nitrogens with zero attached hydrogens (tertiary/aromatic N) is 6. The van der Waals surface area contributed by atoms with Gasteiger partial charge in [-0.2, -0.15) is 28.4 Å². The number of pyridine rings is 1. The normalized spacial score (nSPS) is 25.0. The number of nitrogens with one attached hydrogen (secondary N) is 1. The molecule has 252 valence electrons. The number of anilines is 2. The highest BCUT2D eigenvalue weighted by molar-refractivity contribution is 5.93. The summed E-state index contributed by atoms with van der Waals surface area (Å²) in [6, 6.07) is 2.71. The van der Waals surface area contributed by atoms with Gasteiger partial charge in [0.25, 0.3) is 0 Å². The molecule has 0 spiro atoms. The first-order valence-corrected chi connectivity index (χ1v) is 15.6. The second-order valence-electron chi connectivity index (χ2n) is 13.1. The zero-order chi connectivity index (χ0) is 33.8. The molecule has 9 nitrogen and oxygen atoms in total. The van der Waals surface area contributed by atoms with Crippen LogP contribution in [0.2, 0.25) is 0 Å². The Balaban J connectivity index is 1.50. The number of halogens is 6. The SMILES string of the molecule is CCN1CC[C@H](C(F)F)[C@](C)(COc2nc(N3C[C@H]4CC[C@@H](C3)N4)c3cnc(-c4c(C#N)c(N)cc(C)c4C(F)(F)F)c(F)c3n2)C1. The van der Waals surface area contributed by atoms with E-state index in [1.165, 1.54) is 13.1 Å². The van der Waals surface area contributed by atoms with Crippen LogP contribution in [-0.4, -0.2) is 77.7 Å². The van der Waals surface area contributed by atoms with Crippen molar-refractivity contribution < 1.29 is 31.1 Å². The van der Waals surface area contributed by atoms with Gasteiger partial charge in [0.15, 0.2) is 5.82 Å². The maximum Gasteiger partial charge on any atom is 0.417 e. The molecule has 0 amide bonds. The van der Waals surface area contributed by atoms with Crippen molar-refractivity contribution in [3.8, 4) is 23.3 Å². The maximum absolute atomic E-state index is 16.7. The molecule has 3 aliphatic heterocycles. The second kappa shape index (κ2) is 12.3. The van der Waals surface area contributed by atoms with Crippen LogP contribution in [0.1, 0.15) is 49.8 Å². The monoisotopic (exact) mass is 662 g/mol. The van der Waals surface area contributed by atoms with Gasteiger partial charge in [0.1, 0.15) is 23.1 Å². The maximum atomic E-state index is 16.7. The van der Waals surface area contributed by atoms with Gasteiger partial charge >= 0.3 is 12.2 Å². The van der Waals surface area contributed by atoms with E-state index in [0.717, 1.165) is 18.9 Å². The predicted molar refractivity (Wildman–Crippen MR) is 164 cm³/mol. The number of hydrogen-bond acceptors (Lipinski definition) is 9. The Labute approximate surface area is 268 Å². The number of nitrogens with two attached hydrogens (primary N) is 1. The first kappa shape index (κ1) is 33.0. The first-order valence-electron chi connectivity index (χ1n) is 15.6. The fourth-order valence-electron chi connectivity index (χ4n) is 7.50. The third kappa shape index (κ3) is 6.01. The van der Waals surface area contributed by atoms with Crippen molar-refractivity contribution in [2.45, 2.75) is 64.7 Å². The fraction of sp³-hybridized carbons (Fsp3) is 0.562. The number of alkyl halides is 5. The number of fused-ring (bicyclic) bond motifs is 3.